The van der Waals surface area contributed by atoms with E-state index >= 15 is 0 Å². The van der Waals surface area contributed by atoms with Crippen LogP contribution in [0.15, 0.2) is 0 Å². The predicted octanol–water partition coefficient (Wildman–Crippen LogP) is 3.59. The van der Waals surface area contributed by atoms with Crippen LogP contribution in [-0.4, -0.2) is 55.5 Å². The quantitative estimate of drug-likeness (QED) is 0.346. The van der Waals surface area contributed by atoms with Crippen LogP contribution in [-0.2, 0) is 19.1 Å². The van der Waals surface area contributed by atoms with Crippen LogP contribution in [0.25, 0.3) is 0 Å². The van der Waals surface area contributed by atoms with Gasteiger partial charge in [-0.25, -0.2) is 14.0 Å². The van der Waals surface area contributed by atoms with Gasteiger partial charge in [-0.1, -0.05) is 0 Å². The van der Waals surface area contributed by atoms with Crippen molar-refractivity contribution in [2.75, 3.05) is 13.2 Å². The maximum Gasteiger partial charge on any atom is 0.453 e. The van der Waals surface area contributed by atoms with Crippen LogP contribution in [0, 0.1) is 0 Å². The van der Waals surface area contributed by atoms with Crippen LogP contribution in [0.3, 0.4) is 0 Å². The molecule has 0 aromatic carbocycles. The standard InChI is InChI=1S/C11H9F11O4/c12-5(6(23)25-3-1-8(13,14)10(17,18)19)7(24)26-4-2-9(15,16)11(20,21)22/h5H,1-4H2. The largest absolute Gasteiger partial charge is 0.463 e. The Bertz CT molecular complexity index is 453. The van der Waals surface area contributed by atoms with Crippen molar-refractivity contribution in [3.8, 4) is 0 Å². The summed E-state index contributed by atoms with van der Waals surface area (Å²) in [6.07, 6.45) is -19.6. The molecule has 0 aliphatic rings. The van der Waals surface area contributed by atoms with Gasteiger partial charge < -0.3 is 9.47 Å². The number of ether oxygens (including phenoxy) is 2. The lowest BCUT2D eigenvalue weighted by Gasteiger charge is -2.20. The molecule has 0 fully saturated rings. The summed E-state index contributed by atoms with van der Waals surface area (Å²) in [6.45, 7) is -3.32. The van der Waals surface area contributed by atoms with Crippen LogP contribution in [0.5, 0.6) is 0 Å². The Hall–Kier alpha value is -1.83. The van der Waals surface area contributed by atoms with E-state index in [0.717, 1.165) is 0 Å². The van der Waals surface area contributed by atoms with Crippen LogP contribution in [0.4, 0.5) is 48.3 Å². The number of carbonyl (C=O) groups excluding carboxylic acids is 2. The second-order valence-corrected chi connectivity index (χ2v) is 4.60. The summed E-state index contributed by atoms with van der Waals surface area (Å²) in [5.74, 6) is -15.1. The summed E-state index contributed by atoms with van der Waals surface area (Å²) in [5, 5.41) is 0. The molecule has 0 aromatic rings. The minimum Gasteiger partial charge on any atom is -0.463 e. The predicted molar refractivity (Wildman–Crippen MR) is 58.1 cm³/mol. The van der Waals surface area contributed by atoms with E-state index in [4.69, 9.17) is 0 Å². The molecular weight excluding hydrogens is 405 g/mol. The van der Waals surface area contributed by atoms with E-state index in [-0.39, 0.29) is 0 Å². The molecule has 0 heterocycles. The topological polar surface area (TPSA) is 52.6 Å². The molecule has 0 spiro atoms. The van der Waals surface area contributed by atoms with E-state index < -0.39 is 68.4 Å². The summed E-state index contributed by atoms with van der Waals surface area (Å²) in [6, 6.07) is 0. The third kappa shape index (κ3) is 6.82. The number of alkyl halides is 11. The van der Waals surface area contributed by atoms with Crippen molar-refractivity contribution in [3.05, 3.63) is 0 Å². The summed E-state index contributed by atoms with van der Waals surface area (Å²) < 4.78 is 141. The zero-order valence-electron chi connectivity index (χ0n) is 12.2. The maximum atomic E-state index is 13.1. The first kappa shape index (κ1) is 24.2. The highest BCUT2D eigenvalue weighted by atomic mass is 19.4. The van der Waals surface area contributed by atoms with Gasteiger partial charge in [0.1, 0.15) is 0 Å². The molecule has 0 unspecified atom stereocenters. The smallest absolute Gasteiger partial charge is 0.453 e. The summed E-state index contributed by atoms with van der Waals surface area (Å²) in [7, 11) is 0. The number of carbonyl (C=O) groups is 2. The zero-order valence-corrected chi connectivity index (χ0v) is 12.2. The Morgan fingerprint density at radius 3 is 1.15 bits per heavy atom. The summed E-state index contributed by atoms with van der Waals surface area (Å²) in [5.41, 5.74) is 0. The van der Waals surface area contributed by atoms with Crippen molar-refractivity contribution in [2.24, 2.45) is 0 Å². The van der Waals surface area contributed by atoms with E-state index in [1.165, 1.54) is 0 Å². The molecule has 0 bridgehead atoms. The first-order chi connectivity index (χ1) is 11.4. The van der Waals surface area contributed by atoms with Crippen molar-refractivity contribution < 1.29 is 67.4 Å². The molecule has 0 saturated heterocycles. The van der Waals surface area contributed by atoms with E-state index in [2.05, 4.69) is 9.47 Å². The molecule has 0 aliphatic carbocycles. The molecule has 154 valence electrons. The SMILES string of the molecule is O=C(OCCC(F)(F)C(F)(F)F)C(F)C(=O)OCCC(F)(F)C(F)(F)F. The van der Waals surface area contributed by atoms with E-state index in [1.807, 2.05) is 0 Å². The number of esters is 2. The average molecular weight is 414 g/mol. The van der Waals surface area contributed by atoms with Crippen molar-refractivity contribution in [2.45, 2.75) is 43.2 Å². The summed E-state index contributed by atoms with van der Waals surface area (Å²) >= 11 is 0. The molecular formula is C11H9F11O4. The summed E-state index contributed by atoms with van der Waals surface area (Å²) in [4.78, 5) is 21.8. The normalized spacial score (nSPS) is 13.7. The molecule has 0 N–H and O–H groups in total. The first-order valence-electron chi connectivity index (χ1n) is 6.29. The number of halogens is 11. The molecule has 15 heteroatoms. The number of hydrogen-bond donors (Lipinski definition) is 0. The average Bonchev–Trinajstić information content (AvgIpc) is 2.43. The van der Waals surface area contributed by atoms with E-state index in [9.17, 15) is 57.9 Å². The third-order valence-electron chi connectivity index (χ3n) is 2.56. The highest BCUT2D eigenvalue weighted by Gasteiger charge is 2.57. The monoisotopic (exact) mass is 414 g/mol. The van der Waals surface area contributed by atoms with Crippen LogP contribution >= 0.6 is 0 Å². The number of hydrogen-bond acceptors (Lipinski definition) is 4. The Kier molecular flexibility index (Phi) is 7.66. The molecule has 0 aliphatic heterocycles. The van der Waals surface area contributed by atoms with E-state index in [1.54, 1.807) is 0 Å². The Balaban J connectivity index is 4.39. The fourth-order valence-electron chi connectivity index (χ4n) is 1.09. The lowest BCUT2D eigenvalue weighted by atomic mass is 10.2. The van der Waals surface area contributed by atoms with Gasteiger partial charge in [0.25, 0.3) is 6.17 Å². The second kappa shape index (κ2) is 8.24. The Morgan fingerprint density at radius 1 is 0.654 bits per heavy atom. The van der Waals surface area contributed by atoms with Gasteiger partial charge in [-0.3, -0.25) is 0 Å². The van der Waals surface area contributed by atoms with Crippen LogP contribution in [0.1, 0.15) is 12.8 Å². The van der Waals surface area contributed by atoms with Crippen molar-refractivity contribution in [1.29, 1.82) is 0 Å². The van der Waals surface area contributed by atoms with Crippen molar-refractivity contribution >= 4 is 11.9 Å². The Morgan fingerprint density at radius 2 is 0.923 bits per heavy atom. The van der Waals surface area contributed by atoms with Gasteiger partial charge in [-0.15, -0.1) is 0 Å². The maximum absolute atomic E-state index is 13.1. The molecule has 4 nitrogen and oxygen atoms in total. The minimum atomic E-state index is -5.98. The Labute approximate surface area is 137 Å². The van der Waals surface area contributed by atoms with Gasteiger partial charge in [0, 0.05) is 0 Å². The highest BCUT2D eigenvalue weighted by Crippen LogP contribution is 2.38. The number of rotatable bonds is 8. The van der Waals surface area contributed by atoms with Gasteiger partial charge in [-0.05, 0) is 0 Å². The molecule has 0 aromatic heterocycles. The van der Waals surface area contributed by atoms with Gasteiger partial charge >= 0.3 is 36.1 Å². The molecule has 0 radical (unpaired) electrons. The van der Waals surface area contributed by atoms with Gasteiger partial charge in [0.05, 0.1) is 26.1 Å². The van der Waals surface area contributed by atoms with Gasteiger partial charge in [0.2, 0.25) is 0 Å². The van der Waals surface area contributed by atoms with Crippen molar-refractivity contribution in [3.63, 3.8) is 0 Å². The van der Waals surface area contributed by atoms with E-state index in [0.29, 0.717) is 0 Å². The molecule has 0 amide bonds. The van der Waals surface area contributed by atoms with Crippen molar-refractivity contribution in [1.82, 2.24) is 0 Å². The molecule has 0 atom stereocenters. The van der Waals surface area contributed by atoms with Crippen LogP contribution in [0.2, 0.25) is 0 Å². The minimum absolute atomic E-state index is 1.66. The first-order valence-corrected chi connectivity index (χ1v) is 6.29. The second-order valence-electron chi connectivity index (χ2n) is 4.60. The lowest BCUT2D eigenvalue weighted by molar-refractivity contribution is -0.286. The fourth-order valence-corrected chi connectivity index (χ4v) is 1.09. The molecule has 26 heavy (non-hydrogen) atoms. The van der Waals surface area contributed by atoms with Gasteiger partial charge in [-0.2, -0.15) is 43.9 Å². The molecule has 0 saturated carbocycles. The fraction of sp³-hybridized carbons (Fsp3) is 0.818. The molecule has 0 rings (SSSR count). The highest BCUT2D eigenvalue weighted by molar-refractivity contribution is 5.97. The zero-order chi connectivity index (χ0) is 21.0. The van der Waals surface area contributed by atoms with Crippen LogP contribution < -0.4 is 0 Å². The van der Waals surface area contributed by atoms with Gasteiger partial charge in [0.15, 0.2) is 0 Å². The third-order valence-corrected chi connectivity index (χ3v) is 2.56. The lowest BCUT2D eigenvalue weighted by Crippen LogP contribution is -2.39.